The van der Waals surface area contributed by atoms with Crippen molar-refractivity contribution in [2.75, 3.05) is 0 Å². The lowest BCUT2D eigenvalue weighted by Gasteiger charge is -2.59. The van der Waals surface area contributed by atoms with E-state index in [0.717, 1.165) is 54.0 Å². The molecule has 0 bridgehead atoms. The van der Waals surface area contributed by atoms with E-state index in [1.54, 1.807) is 0 Å². The van der Waals surface area contributed by atoms with Gasteiger partial charge in [-0.1, -0.05) is 26.7 Å². The number of aryl methyl sites for hydroxylation is 2. The van der Waals surface area contributed by atoms with Crippen LogP contribution in [0.5, 0.6) is 0 Å². The van der Waals surface area contributed by atoms with E-state index >= 15 is 0 Å². The maximum atomic E-state index is 13.6. The van der Waals surface area contributed by atoms with Gasteiger partial charge in [-0.15, -0.1) is 0 Å². The second-order valence-corrected chi connectivity index (χ2v) is 11.1. The Balaban J connectivity index is 1.46. The lowest BCUT2D eigenvalue weighted by atomic mass is 9.45. The fourth-order valence-electron chi connectivity index (χ4n) is 8.12. The minimum absolute atomic E-state index is 0.125. The van der Waals surface area contributed by atoms with Gasteiger partial charge in [0.1, 0.15) is 0 Å². The molecule has 29 heavy (non-hydrogen) atoms. The molecule has 1 aromatic rings. The Morgan fingerprint density at radius 1 is 1.14 bits per heavy atom. The number of Topliss-reactive ketones (excluding diaryl/α,β-unsaturated/α-hetero) is 1. The lowest BCUT2D eigenvalue weighted by Crippen LogP contribution is -2.52. The molecule has 0 aliphatic heterocycles. The van der Waals surface area contributed by atoms with Gasteiger partial charge in [0.15, 0.2) is 5.78 Å². The first-order valence-electron chi connectivity index (χ1n) is 12.2. The highest BCUT2D eigenvalue weighted by atomic mass is 16.1. The summed E-state index contributed by atoms with van der Waals surface area (Å²) in [7, 11) is 0. The van der Waals surface area contributed by atoms with E-state index in [9.17, 15) is 4.79 Å². The van der Waals surface area contributed by atoms with Crippen LogP contribution in [0.2, 0.25) is 0 Å². The quantitative estimate of drug-likeness (QED) is 0.559. The smallest absolute Gasteiger partial charge is 0.165 e. The molecule has 4 aliphatic rings. The molecule has 6 atom stereocenters. The predicted octanol–water partition coefficient (Wildman–Crippen LogP) is 6.21. The van der Waals surface area contributed by atoms with Crippen molar-refractivity contribution in [1.82, 2.24) is 9.78 Å². The van der Waals surface area contributed by atoms with Crippen molar-refractivity contribution in [2.24, 2.45) is 34.5 Å². The van der Waals surface area contributed by atoms with E-state index < -0.39 is 0 Å². The topological polar surface area (TPSA) is 34.9 Å². The first-order valence-corrected chi connectivity index (χ1v) is 12.2. The van der Waals surface area contributed by atoms with Gasteiger partial charge in [0.25, 0.3) is 0 Å². The summed E-state index contributed by atoms with van der Waals surface area (Å²) < 4.78 is 1.98. The minimum Gasteiger partial charge on any atom is -0.294 e. The van der Waals surface area contributed by atoms with Gasteiger partial charge in [-0.25, -0.2) is 0 Å². The van der Waals surface area contributed by atoms with Crippen molar-refractivity contribution in [2.45, 2.75) is 92.0 Å². The van der Waals surface area contributed by atoms with Crippen LogP contribution in [0, 0.1) is 41.4 Å². The second-order valence-electron chi connectivity index (χ2n) is 11.1. The van der Waals surface area contributed by atoms with Crippen LogP contribution < -0.4 is 0 Å². The van der Waals surface area contributed by atoms with Crippen LogP contribution in [-0.4, -0.2) is 15.6 Å². The van der Waals surface area contributed by atoms with Gasteiger partial charge in [-0.2, -0.15) is 5.10 Å². The second kappa shape index (κ2) is 6.82. The molecular formula is C26H38N2O. The summed E-state index contributed by atoms with van der Waals surface area (Å²) in [6.45, 7) is 9.97. The van der Waals surface area contributed by atoms with E-state index in [4.69, 9.17) is 0 Å². The number of carbonyl (C=O) groups excluding carboxylic acids is 1. The molecule has 0 unspecified atom stereocenters. The Labute approximate surface area is 176 Å². The van der Waals surface area contributed by atoms with Crippen molar-refractivity contribution in [3.63, 3.8) is 0 Å². The van der Waals surface area contributed by atoms with E-state index in [0.29, 0.717) is 17.1 Å². The molecule has 3 heteroatoms. The SMILES string of the molecule is CCn1cc(/C=C2/C[C@@H]3[C@H]4CC[C@@H]5CCCC[C@]5(C)[C@@H]4CC[C@]3(C)C2=O)c(C)n1. The molecule has 3 nitrogen and oxygen atoms in total. The Morgan fingerprint density at radius 3 is 2.72 bits per heavy atom. The molecule has 4 fully saturated rings. The summed E-state index contributed by atoms with van der Waals surface area (Å²) in [5.74, 6) is 3.54. The Morgan fingerprint density at radius 2 is 1.97 bits per heavy atom. The highest BCUT2D eigenvalue weighted by Crippen LogP contribution is 2.66. The molecule has 0 amide bonds. The fourth-order valence-corrected chi connectivity index (χ4v) is 8.12. The molecule has 0 saturated heterocycles. The number of aromatic nitrogens is 2. The number of nitrogens with zero attached hydrogens (tertiary/aromatic N) is 2. The number of carbonyl (C=O) groups is 1. The molecule has 0 N–H and O–H groups in total. The molecule has 1 aromatic heterocycles. The molecule has 158 valence electrons. The van der Waals surface area contributed by atoms with Crippen molar-refractivity contribution >= 4 is 11.9 Å². The van der Waals surface area contributed by atoms with Crippen LogP contribution in [-0.2, 0) is 11.3 Å². The highest BCUT2D eigenvalue weighted by Gasteiger charge is 2.60. The van der Waals surface area contributed by atoms with Crippen molar-refractivity contribution in [3.8, 4) is 0 Å². The predicted molar refractivity (Wildman–Crippen MR) is 117 cm³/mol. The molecule has 0 radical (unpaired) electrons. The third kappa shape index (κ3) is 2.82. The standard InChI is InChI=1S/C26H38N2O/c1-5-28-16-19(17(2)27-28)14-18-15-23-21-10-9-20-8-6-7-12-25(20,3)22(21)11-13-26(23,4)24(18)29/h14,16,20-23H,5-13,15H2,1-4H3/b18-14-/t20-,21-,22+,23+,25-,26-/m0/s1. The fraction of sp³-hybridized carbons (Fsp3) is 0.769. The third-order valence-corrected chi connectivity index (χ3v) is 9.86. The van der Waals surface area contributed by atoms with E-state index in [1.807, 2.05) is 4.68 Å². The van der Waals surface area contributed by atoms with Crippen LogP contribution >= 0.6 is 0 Å². The van der Waals surface area contributed by atoms with Crippen molar-refractivity contribution < 1.29 is 4.79 Å². The summed E-state index contributed by atoms with van der Waals surface area (Å²) in [6.07, 6.45) is 16.2. The zero-order chi connectivity index (χ0) is 20.4. The van der Waals surface area contributed by atoms with Gasteiger partial charge in [0, 0.05) is 23.7 Å². The normalized spacial score (nSPS) is 43.2. The minimum atomic E-state index is -0.125. The van der Waals surface area contributed by atoms with Crippen molar-refractivity contribution in [1.29, 1.82) is 0 Å². The van der Waals surface area contributed by atoms with Gasteiger partial charge in [-0.05, 0) is 99.5 Å². The summed E-state index contributed by atoms with van der Waals surface area (Å²) in [5.41, 5.74) is 3.67. The average Bonchev–Trinajstić information content (AvgIpc) is 3.19. The van der Waals surface area contributed by atoms with E-state index in [-0.39, 0.29) is 5.41 Å². The Kier molecular flexibility index (Phi) is 4.60. The number of hydrogen-bond donors (Lipinski definition) is 0. The summed E-state index contributed by atoms with van der Waals surface area (Å²) >= 11 is 0. The average molecular weight is 395 g/mol. The summed E-state index contributed by atoms with van der Waals surface area (Å²) in [4.78, 5) is 13.6. The van der Waals surface area contributed by atoms with Gasteiger partial charge < -0.3 is 0 Å². The molecule has 1 heterocycles. The largest absolute Gasteiger partial charge is 0.294 e. The molecule has 5 rings (SSSR count). The van der Waals surface area contributed by atoms with Crippen LogP contribution in [0.3, 0.4) is 0 Å². The van der Waals surface area contributed by atoms with Gasteiger partial charge in [0.2, 0.25) is 0 Å². The zero-order valence-corrected chi connectivity index (χ0v) is 18.8. The van der Waals surface area contributed by atoms with Crippen LogP contribution in [0.1, 0.15) is 89.8 Å². The van der Waals surface area contributed by atoms with E-state index in [2.05, 4.69) is 45.1 Å². The molecule has 0 aromatic carbocycles. The highest BCUT2D eigenvalue weighted by molar-refractivity contribution is 6.06. The Hall–Kier alpha value is -1.38. The first-order chi connectivity index (χ1) is 13.9. The van der Waals surface area contributed by atoms with Crippen LogP contribution in [0.15, 0.2) is 11.8 Å². The van der Waals surface area contributed by atoms with Crippen LogP contribution in [0.25, 0.3) is 6.08 Å². The maximum absolute atomic E-state index is 13.6. The summed E-state index contributed by atoms with van der Waals surface area (Å²) in [5, 5.41) is 4.58. The third-order valence-electron chi connectivity index (χ3n) is 9.86. The maximum Gasteiger partial charge on any atom is 0.165 e. The number of hydrogen-bond acceptors (Lipinski definition) is 2. The van der Waals surface area contributed by atoms with Crippen molar-refractivity contribution in [3.05, 3.63) is 23.0 Å². The summed E-state index contributed by atoms with van der Waals surface area (Å²) in [6, 6.07) is 0. The molecular weight excluding hydrogens is 356 g/mol. The van der Waals surface area contributed by atoms with E-state index in [1.165, 1.54) is 44.9 Å². The van der Waals surface area contributed by atoms with Gasteiger partial charge in [-0.3, -0.25) is 9.48 Å². The number of ketones is 1. The van der Waals surface area contributed by atoms with Gasteiger partial charge >= 0.3 is 0 Å². The zero-order valence-electron chi connectivity index (χ0n) is 18.8. The van der Waals surface area contributed by atoms with Gasteiger partial charge in [0.05, 0.1) is 5.69 Å². The molecule has 0 spiro atoms. The lowest BCUT2D eigenvalue weighted by molar-refractivity contribution is -0.137. The monoisotopic (exact) mass is 394 g/mol. The van der Waals surface area contributed by atoms with Crippen LogP contribution in [0.4, 0.5) is 0 Å². The number of allylic oxidation sites excluding steroid dienone is 1. The molecule has 4 saturated carbocycles. The Bertz CT molecular complexity index is 851. The molecule has 4 aliphatic carbocycles. The number of fused-ring (bicyclic) bond motifs is 5. The first kappa shape index (κ1) is 19.6. The number of rotatable bonds is 2.